The topological polar surface area (TPSA) is 79.7 Å². The molecule has 0 saturated carbocycles. The fourth-order valence-corrected chi connectivity index (χ4v) is 4.40. The van der Waals surface area contributed by atoms with Crippen LogP contribution in [0.2, 0.25) is 5.02 Å². The number of aromatic amines is 1. The van der Waals surface area contributed by atoms with E-state index in [1.165, 1.54) is 17.0 Å². The number of fused-ring (bicyclic) bond motifs is 1. The maximum Gasteiger partial charge on any atom is 0.417 e. The number of imidazole rings is 1. The van der Waals surface area contributed by atoms with Gasteiger partial charge in [-0.25, -0.2) is 4.98 Å². The van der Waals surface area contributed by atoms with Gasteiger partial charge in [0.05, 0.1) is 34.1 Å². The molecule has 5 rings (SSSR count). The molecule has 34 heavy (non-hydrogen) atoms. The highest BCUT2D eigenvalue weighted by molar-refractivity contribution is 6.31. The van der Waals surface area contributed by atoms with Gasteiger partial charge in [-0.15, -0.1) is 0 Å². The highest BCUT2D eigenvalue weighted by Gasteiger charge is 2.37. The Morgan fingerprint density at radius 1 is 1.21 bits per heavy atom. The number of rotatable bonds is 3. The fraction of sp³-hybridized carbons (Fsp3) is 0.217. The van der Waals surface area contributed by atoms with E-state index >= 15 is 0 Å². The summed E-state index contributed by atoms with van der Waals surface area (Å²) < 4.78 is 41.0. The molecule has 4 heterocycles. The summed E-state index contributed by atoms with van der Waals surface area (Å²) in [4.78, 5) is 27.0. The van der Waals surface area contributed by atoms with E-state index in [1.54, 1.807) is 29.3 Å². The van der Waals surface area contributed by atoms with Crippen molar-refractivity contribution in [1.29, 1.82) is 0 Å². The second-order valence-electron chi connectivity index (χ2n) is 8.08. The molecule has 11 heteroatoms. The van der Waals surface area contributed by atoms with Crippen molar-refractivity contribution in [3.05, 3.63) is 70.9 Å². The minimum Gasteiger partial charge on any atom is -0.341 e. The maximum absolute atomic E-state index is 13.6. The van der Waals surface area contributed by atoms with Crippen LogP contribution in [-0.2, 0) is 6.18 Å². The molecule has 1 aliphatic rings. The number of H-pyrrole nitrogens is 1. The van der Waals surface area contributed by atoms with Crippen molar-refractivity contribution in [3.63, 3.8) is 0 Å². The number of hydrogen-bond acceptors (Lipinski definition) is 4. The average Bonchev–Trinajstić information content (AvgIpc) is 3.40. The van der Waals surface area contributed by atoms with Gasteiger partial charge in [0.1, 0.15) is 11.5 Å². The highest BCUT2D eigenvalue weighted by atomic mass is 35.5. The summed E-state index contributed by atoms with van der Waals surface area (Å²) in [5.41, 5.74) is 2.27. The molecule has 0 radical (unpaired) electrons. The number of aryl methyl sites for hydroxylation is 1. The lowest BCUT2D eigenvalue weighted by atomic mass is 10.1. The number of anilines is 1. The smallest absolute Gasteiger partial charge is 0.341 e. The molecule has 1 N–H and O–H groups in total. The number of pyridine rings is 1. The molecule has 0 fully saturated rings. The number of aromatic nitrogens is 5. The first-order chi connectivity index (χ1) is 16.1. The van der Waals surface area contributed by atoms with Crippen LogP contribution in [0.1, 0.15) is 34.7 Å². The Hall–Kier alpha value is -3.66. The predicted octanol–water partition coefficient (Wildman–Crippen LogP) is 5.54. The number of amides is 1. The van der Waals surface area contributed by atoms with Crippen LogP contribution < -0.4 is 4.90 Å². The summed E-state index contributed by atoms with van der Waals surface area (Å²) in [5, 5.41) is 3.94. The van der Waals surface area contributed by atoms with E-state index in [2.05, 4.69) is 20.1 Å². The lowest BCUT2D eigenvalue weighted by molar-refractivity contribution is -0.137. The molecule has 0 spiro atoms. The number of alkyl halides is 3. The summed E-state index contributed by atoms with van der Waals surface area (Å²) in [5.74, 6) is 0.204. The molecular weight excluding hydrogens is 469 g/mol. The van der Waals surface area contributed by atoms with Crippen molar-refractivity contribution in [2.75, 3.05) is 11.4 Å². The van der Waals surface area contributed by atoms with E-state index in [4.69, 9.17) is 11.6 Å². The predicted molar refractivity (Wildman–Crippen MR) is 121 cm³/mol. The Morgan fingerprint density at radius 2 is 2.00 bits per heavy atom. The van der Waals surface area contributed by atoms with Crippen LogP contribution in [0.3, 0.4) is 0 Å². The van der Waals surface area contributed by atoms with Gasteiger partial charge in [0.25, 0.3) is 5.91 Å². The summed E-state index contributed by atoms with van der Waals surface area (Å²) >= 11 is 5.91. The van der Waals surface area contributed by atoms with Gasteiger partial charge < -0.3 is 9.88 Å². The number of carbonyl (C=O) groups is 1. The monoisotopic (exact) mass is 486 g/mol. The molecule has 7 nitrogen and oxygen atoms in total. The average molecular weight is 487 g/mol. The number of carbonyl (C=O) groups excluding carboxylic acids is 1. The Bertz CT molecular complexity index is 1400. The highest BCUT2D eigenvalue weighted by Crippen LogP contribution is 2.39. The van der Waals surface area contributed by atoms with Crippen LogP contribution in [-0.4, -0.2) is 37.2 Å². The van der Waals surface area contributed by atoms with Crippen LogP contribution in [0, 0.1) is 6.92 Å². The SMILES string of the molecule is Cc1[nH]c(-c2cccnc2)nc1-c1cnn2c1C(=O)N(c1ccc(C(F)(F)F)c(Cl)c1)C[C@@H]2C. The van der Waals surface area contributed by atoms with Crippen molar-refractivity contribution in [2.24, 2.45) is 0 Å². The number of nitrogens with zero attached hydrogens (tertiary/aromatic N) is 5. The fourth-order valence-electron chi connectivity index (χ4n) is 4.12. The normalized spacial score (nSPS) is 16.1. The second kappa shape index (κ2) is 7.98. The molecule has 3 aromatic heterocycles. The molecule has 1 aromatic carbocycles. The first-order valence-corrected chi connectivity index (χ1v) is 10.8. The van der Waals surface area contributed by atoms with E-state index in [0.717, 1.165) is 17.3 Å². The van der Waals surface area contributed by atoms with E-state index in [1.807, 2.05) is 19.9 Å². The van der Waals surface area contributed by atoms with Crippen molar-refractivity contribution in [3.8, 4) is 22.6 Å². The molecule has 1 aliphatic heterocycles. The molecule has 1 amide bonds. The quantitative estimate of drug-likeness (QED) is 0.412. The van der Waals surface area contributed by atoms with Crippen molar-refractivity contribution < 1.29 is 18.0 Å². The minimum absolute atomic E-state index is 0.223. The molecule has 0 unspecified atom stereocenters. The van der Waals surface area contributed by atoms with Crippen molar-refractivity contribution >= 4 is 23.2 Å². The van der Waals surface area contributed by atoms with Crippen LogP contribution in [0.4, 0.5) is 18.9 Å². The van der Waals surface area contributed by atoms with Crippen molar-refractivity contribution in [2.45, 2.75) is 26.1 Å². The molecule has 1 atom stereocenters. The van der Waals surface area contributed by atoms with Crippen molar-refractivity contribution in [1.82, 2.24) is 24.7 Å². The summed E-state index contributed by atoms with van der Waals surface area (Å²) in [6.45, 7) is 3.95. The maximum atomic E-state index is 13.6. The van der Waals surface area contributed by atoms with E-state index in [9.17, 15) is 18.0 Å². The largest absolute Gasteiger partial charge is 0.417 e. The zero-order valence-electron chi connectivity index (χ0n) is 18.1. The van der Waals surface area contributed by atoms with Gasteiger partial charge in [0.2, 0.25) is 0 Å². The molecule has 0 bridgehead atoms. The second-order valence-corrected chi connectivity index (χ2v) is 8.49. The Morgan fingerprint density at radius 3 is 2.68 bits per heavy atom. The zero-order chi connectivity index (χ0) is 24.2. The van der Waals surface area contributed by atoms with Gasteiger partial charge in [-0.3, -0.25) is 14.5 Å². The number of hydrogen-bond donors (Lipinski definition) is 1. The lowest BCUT2D eigenvalue weighted by Crippen LogP contribution is -2.42. The molecule has 0 aliphatic carbocycles. The number of nitrogens with one attached hydrogen (secondary N) is 1. The van der Waals surface area contributed by atoms with E-state index < -0.39 is 22.7 Å². The van der Waals surface area contributed by atoms with Gasteiger partial charge in [-0.1, -0.05) is 11.6 Å². The Balaban J connectivity index is 1.56. The van der Waals surface area contributed by atoms with Gasteiger partial charge >= 0.3 is 6.18 Å². The van der Waals surface area contributed by atoms with Crippen LogP contribution >= 0.6 is 11.6 Å². The first-order valence-electron chi connectivity index (χ1n) is 10.4. The number of halogens is 4. The number of benzene rings is 1. The van der Waals surface area contributed by atoms with Gasteiger partial charge in [0, 0.05) is 35.9 Å². The molecule has 4 aromatic rings. The minimum atomic E-state index is -4.58. The van der Waals surface area contributed by atoms with Crippen LogP contribution in [0.25, 0.3) is 22.6 Å². The molecular formula is C23H18ClF3N6O. The van der Waals surface area contributed by atoms with Gasteiger partial charge in [-0.2, -0.15) is 18.3 Å². The third kappa shape index (κ3) is 3.63. The summed E-state index contributed by atoms with van der Waals surface area (Å²) in [6, 6.07) is 6.76. The Kier molecular flexibility index (Phi) is 5.20. The van der Waals surface area contributed by atoms with Crippen LogP contribution in [0.15, 0.2) is 48.9 Å². The summed E-state index contributed by atoms with van der Waals surface area (Å²) in [6.07, 6.45) is 0.350. The molecule has 0 saturated heterocycles. The standard InChI is InChI=1S/C23H18ClF3N6O/c1-12-11-32(15-5-6-17(18(24)8-15)23(25,26)27)22(34)20-16(10-29-33(12)20)19-13(2)30-21(31-19)14-4-3-7-28-9-14/h3-10,12H,11H2,1-2H3,(H,30,31)/t12-/m0/s1. The van der Waals surface area contributed by atoms with Gasteiger partial charge in [0.15, 0.2) is 0 Å². The zero-order valence-corrected chi connectivity index (χ0v) is 18.8. The first kappa shape index (κ1) is 22.1. The van der Waals surface area contributed by atoms with Gasteiger partial charge in [-0.05, 0) is 44.2 Å². The van der Waals surface area contributed by atoms with E-state index in [-0.39, 0.29) is 18.3 Å². The third-order valence-corrected chi connectivity index (χ3v) is 6.06. The Labute approximate surface area is 197 Å². The lowest BCUT2D eigenvalue weighted by Gasteiger charge is -2.32. The third-order valence-electron chi connectivity index (χ3n) is 5.75. The summed E-state index contributed by atoms with van der Waals surface area (Å²) in [7, 11) is 0. The van der Waals surface area contributed by atoms with E-state index in [0.29, 0.717) is 22.8 Å². The molecule has 174 valence electrons. The van der Waals surface area contributed by atoms with Crippen LogP contribution in [0.5, 0.6) is 0 Å².